The standard InChI is InChI=1S/C44H46B2P2/c1-31-29-32(2)36(6)43(35(31)5)45(47(39-21-13-9-14-22-39)40-23-15-10-16-24-40)46(44-37(7)33(3)30-34(4)38(44)8)48(41-25-17-11-18-26-41)42-27-19-12-20-28-42/h9-30H,1-8H3. The maximum atomic E-state index is 2.40. The van der Waals surface area contributed by atoms with Crippen molar-refractivity contribution in [3.8, 4) is 0 Å². The Morgan fingerprint density at radius 1 is 0.312 bits per heavy atom. The molecule has 48 heavy (non-hydrogen) atoms. The Balaban J connectivity index is 1.85. The van der Waals surface area contributed by atoms with Gasteiger partial charge in [0.05, 0.1) is 0 Å². The third-order valence-electron chi connectivity index (χ3n) is 10.4. The molecule has 238 valence electrons. The van der Waals surface area contributed by atoms with Crippen LogP contribution in [-0.4, -0.2) is 12.6 Å². The molecule has 4 heteroatoms. The molecule has 6 aromatic rings. The average molecular weight is 658 g/mol. The van der Waals surface area contributed by atoms with Gasteiger partial charge < -0.3 is 0 Å². The van der Waals surface area contributed by atoms with Crippen molar-refractivity contribution in [3.63, 3.8) is 0 Å². The van der Waals surface area contributed by atoms with Gasteiger partial charge in [0, 0.05) is 0 Å². The van der Waals surface area contributed by atoms with Crippen LogP contribution < -0.4 is 32.1 Å². The first-order valence-corrected chi connectivity index (χ1v) is 19.9. The van der Waals surface area contributed by atoms with Crippen LogP contribution in [0.15, 0.2) is 133 Å². The number of hydrogen-bond acceptors (Lipinski definition) is 0. The van der Waals surface area contributed by atoms with E-state index in [9.17, 15) is 0 Å². The molecule has 0 nitrogen and oxygen atoms in total. The summed E-state index contributed by atoms with van der Waals surface area (Å²) in [6, 6.07) is 50.6. The molecule has 0 fully saturated rings. The molecule has 0 bridgehead atoms. The average Bonchev–Trinajstić information content (AvgIpc) is 3.11. The first kappa shape index (κ1) is 34.2. The Morgan fingerprint density at radius 2 is 0.521 bits per heavy atom. The Labute approximate surface area is 292 Å². The Hall–Kier alpha value is -3.69. The van der Waals surface area contributed by atoms with Crippen molar-refractivity contribution in [2.24, 2.45) is 0 Å². The van der Waals surface area contributed by atoms with E-state index in [4.69, 9.17) is 0 Å². The first-order chi connectivity index (χ1) is 23.2. The smallest absolute Gasteiger partial charge is 0.0806 e. The lowest BCUT2D eigenvalue weighted by Crippen LogP contribution is -2.58. The van der Waals surface area contributed by atoms with Gasteiger partial charge in [-0.2, -0.15) is 0 Å². The van der Waals surface area contributed by atoms with E-state index in [-0.39, 0.29) is 12.6 Å². The molecule has 0 heterocycles. The van der Waals surface area contributed by atoms with Crippen LogP contribution in [0.4, 0.5) is 0 Å². The zero-order chi connectivity index (χ0) is 33.9. The summed E-state index contributed by atoms with van der Waals surface area (Å²) in [5.74, 6) is 0. The summed E-state index contributed by atoms with van der Waals surface area (Å²) in [5, 5.41) is 5.73. The van der Waals surface area contributed by atoms with E-state index in [0.717, 1.165) is 0 Å². The SMILES string of the molecule is Cc1cc(C)c(C)c(B(B(c2c(C)c(C)cc(C)c2C)P(c2ccccc2)c2ccccc2)P(c2ccccc2)c2ccccc2)c1C. The van der Waals surface area contributed by atoms with Crippen LogP contribution in [0, 0.1) is 55.4 Å². The van der Waals surface area contributed by atoms with Crippen molar-refractivity contribution < 1.29 is 0 Å². The fourth-order valence-electron chi connectivity index (χ4n) is 7.53. The highest BCUT2D eigenvalue weighted by molar-refractivity contribution is 8.25. The van der Waals surface area contributed by atoms with Crippen LogP contribution in [0.25, 0.3) is 0 Å². The number of benzene rings is 6. The fourth-order valence-corrected chi connectivity index (χ4v) is 14.3. The zero-order valence-corrected chi connectivity index (χ0v) is 31.5. The van der Waals surface area contributed by atoms with Crippen LogP contribution in [0.2, 0.25) is 0 Å². The van der Waals surface area contributed by atoms with Gasteiger partial charge in [-0.05, 0) is 98.9 Å². The fraction of sp³-hybridized carbons (Fsp3) is 0.182. The third kappa shape index (κ3) is 6.64. The lowest BCUT2D eigenvalue weighted by Gasteiger charge is -2.40. The molecule has 0 aromatic heterocycles. The maximum Gasteiger partial charge on any atom is 0.198 e. The zero-order valence-electron chi connectivity index (χ0n) is 29.8. The molecule has 6 aromatic carbocycles. The van der Waals surface area contributed by atoms with Gasteiger partial charge in [0.2, 0.25) is 0 Å². The monoisotopic (exact) mass is 658 g/mol. The predicted molar refractivity (Wildman–Crippen MR) is 220 cm³/mol. The van der Waals surface area contributed by atoms with E-state index in [1.54, 1.807) is 0 Å². The van der Waals surface area contributed by atoms with Gasteiger partial charge >= 0.3 is 0 Å². The Kier molecular flexibility index (Phi) is 10.6. The third-order valence-corrected chi connectivity index (χ3v) is 16.3. The molecule has 0 saturated carbocycles. The number of hydrogen-bond donors (Lipinski definition) is 0. The summed E-state index contributed by atoms with van der Waals surface area (Å²) in [7, 11) is -1.70. The van der Waals surface area contributed by atoms with Crippen molar-refractivity contribution in [1.82, 2.24) is 0 Å². The lowest BCUT2D eigenvalue weighted by atomic mass is 9.28. The van der Waals surface area contributed by atoms with Crippen molar-refractivity contribution >= 4 is 60.4 Å². The highest BCUT2D eigenvalue weighted by Gasteiger charge is 2.47. The molecular weight excluding hydrogens is 612 g/mol. The maximum absolute atomic E-state index is 2.40. The summed E-state index contributed by atoms with van der Waals surface area (Å²) in [6.45, 7) is 18.8. The highest BCUT2D eigenvalue weighted by atomic mass is 31.1. The molecule has 0 aliphatic heterocycles. The topological polar surface area (TPSA) is 0 Å². The molecular formula is C44H46B2P2. The molecule has 0 atom stereocenters. The summed E-state index contributed by atoms with van der Waals surface area (Å²) in [4.78, 5) is 0. The molecule has 0 amide bonds. The Morgan fingerprint density at radius 3 is 0.729 bits per heavy atom. The van der Waals surface area contributed by atoms with E-state index in [1.807, 2.05) is 0 Å². The van der Waals surface area contributed by atoms with Gasteiger partial charge in [-0.1, -0.05) is 182 Å². The molecule has 0 N–H and O–H groups in total. The minimum atomic E-state index is -0.852. The summed E-state index contributed by atoms with van der Waals surface area (Å²) in [6.07, 6.45) is 0.432. The second-order valence-corrected chi connectivity index (χ2v) is 18.0. The van der Waals surface area contributed by atoms with Gasteiger partial charge in [-0.3, -0.25) is 0 Å². The second kappa shape index (κ2) is 14.8. The van der Waals surface area contributed by atoms with E-state index in [0.29, 0.717) is 0 Å². The second-order valence-electron chi connectivity index (χ2n) is 13.3. The predicted octanol–water partition coefficient (Wildman–Crippen LogP) is 8.60. The van der Waals surface area contributed by atoms with Gasteiger partial charge in [0.25, 0.3) is 0 Å². The highest BCUT2D eigenvalue weighted by Crippen LogP contribution is 2.48. The Bertz CT molecular complexity index is 1730. The van der Waals surface area contributed by atoms with Crippen molar-refractivity contribution in [1.29, 1.82) is 0 Å². The van der Waals surface area contributed by atoms with E-state index < -0.39 is 15.6 Å². The number of rotatable bonds is 9. The van der Waals surface area contributed by atoms with Crippen molar-refractivity contribution in [3.05, 3.63) is 178 Å². The minimum absolute atomic E-state index is 0.216. The van der Waals surface area contributed by atoms with Gasteiger partial charge in [-0.25, -0.2) is 0 Å². The van der Waals surface area contributed by atoms with Crippen molar-refractivity contribution in [2.45, 2.75) is 55.4 Å². The van der Waals surface area contributed by atoms with Gasteiger partial charge in [0.1, 0.15) is 0 Å². The van der Waals surface area contributed by atoms with Crippen LogP contribution in [0.1, 0.15) is 44.5 Å². The molecule has 6 rings (SSSR count). The lowest BCUT2D eigenvalue weighted by molar-refractivity contribution is 1.27. The molecule has 0 aliphatic rings. The van der Waals surface area contributed by atoms with Gasteiger partial charge in [-0.15, -0.1) is 0 Å². The summed E-state index contributed by atoms with van der Waals surface area (Å²) in [5.41, 5.74) is 14.3. The van der Waals surface area contributed by atoms with E-state index >= 15 is 0 Å². The van der Waals surface area contributed by atoms with Crippen LogP contribution in [0.5, 0.6) is 0 Å². The minimum Gasteiger partial charge on any atom is -0.0806 e. The molecule has 0 unspecified atom stereocenters. The summed E-state index contributed by atoms with van der Waals surface area (Å²) >= 11 is 0. The van der Waals surface area contributed by atoms with Crippen LogP contribution in [-0.2, 0) is 0 Å². The summed E-state index contributed by atoms with van der Waals surface area (Å²) < 4.78 is 0. The van der Waals surface area contributed by atoms with Crippen LogP contribution >= 0.6 is 15.6 Å². The van der Waals surface area contributed by atoms with Crippen molar-refractivity contribution in [2.75, 3.05) is 0 Å². The van der Waals surface area contributed by atoms with Crippen LogP contribution in [0.3, 0.4) is 0 Å². The quantitative estimate of drug-likeness (QED) is 0.108. The largest absolute Gasteiger partial charge is 0.198 e. The molecule has 0 spiro atoms. The molecule has 0 saturated heterocycles. The molecule has 0 aliphatic carbocycles. The first-order valence-electron chi connectivity index (χ1n) is 17.1. The van der Waals surface area contributed by atoms with E-state index in [2.05, 4.69) is 189 Å². The number of aryl methyl sites for hydroxylation is 4. The normalized spacial score (nSPS) is 11.3. The van der Waals surface area contributed by atoms with Gasteiger partial charge in [0.15, 0.2) is 12.6 Å². The molecule has 0 radical (unpaired) electrons. The van der Waals surface area contributed by atoms with E-state index in [1.165, 1.54) is 76.7 Å².